The lowest BCUT2D eigenvalue weighted by Crippen LogP contribution is -2.39. The lowest BCUT2D eigenvalue weighted by molar-refractivity contribution is -0.389. The van der Waals surface area contributed by atoms with Crippen LogP contribution in [0.2, 0.25) is 0 Å². The first-order valence-electron chi connectivity index (χ1n) is 7.84. The quantitative estimate of drug-likeness (QED) is 0.536. The molecule has 4 rings (SSSR count). The van der Waals surface area contributed by atoms with E-state index in [2.05, 4.69) is 4.98 Å². The summed E-state index contributed by atoms with van der Waals surface area (Å²) in [5.41, 5.74) is 0.530. The third-order valence-electron chi connectivity index (χ3n) is 4.07. The van der Waals surface area contributed by atoms with E-state index in [1.807, 2.05) is 24.3 Å². The van der Waals surface area contributed by atoms with Crippen LogP contribution in [0.1, 0.15) is 0 Å². The topological polar surface area (TPSA) is 82.1 Å². The summed E-state index contributed by atoms with van der Waals surface area (Å²) in [7, 11) is 1.76. The predicted molar refractivity (Wildman–Crippen MR) is 91.5 cm³/mol. The van der Waals surface area contributed by atoms with E-state index in [1.165, 1.54) is 4.40 Å². The molecular formula is C17H16N4O4. The summed E-state index contributed by atoms with van der Waals surface area (Å²) in [4.78, 5) is 17.2. The average Bonchev–Trinajstić information content (AvgIpc) is 3.01. The first-order chi connectivity index (χ1) is 12.1. The molecule has 128 valence electrons. The summed E-state index contributed by atoms with van der Waals surface area (Å²) in [6.45, 7) is 0.793. The van der Waals surface area contributed by atoms with Crippen LogP contribution in [0.15, 0.2) is 48.7 Å². The van der Waals surface area contributed by atoms with Gasteiger partial charge in [-0.3, -0.25) is 0 Å². The molecule has 0 aliphatic carbocycles. The zero-order valence-corrected chi connectivity index (χ0v) is 13.5. The molecule has 1 aliphatic rings. The van der Waals surface area contributed by atoms with E-state index in [-0.39, 0.29) is 11.9 Å². The van der Waals surface area contributed by atoms with Gasteiger partial charge in [0.05, 0.1) is 12.7 Å². The van der Waals surface area contributed by atoms with Crippen LogP contribution >= 0.6 is 0 Å². The molecule has 0 unspecified atom stereocenters. The molecular weight excluding hydrogens is 324 g/mol. The second kappa shape index (κ2) is 5.97. The molecule has 1 aromatic carbocycles. The van der Waals surface area contributed by atoms with Gasteiger partial charge in [0.2, 0.25) is 11.5 Å². The molecule has 1 atom stereocenters. The average molecular weight is 340 g/mol. The third kappa shape index (κ3) is 2.71. The molecule has 0 saturated carbocycles. The smallest absolute Gasteiger partial charge is 0.372 e. The number of hydrogen-bond acceptors (Lipinski definition) is 6. The number of nitro groups is 1. The second-order valence-electron chi connectivity index (χ2n) is 5.82. The largest absolute Gasteiger partial charge is 0.486 e. The molecule has 0 fully saturated rings. The van der Waals surface area contributed by atoms with E-state index in [0.29, 0.717) is 36.1 Å². The Hall–Kier alpha value is -3.29. The zero-order chi connectivity index (χ0) is 17.4. The van der Waals surface area contributed by atoms with Gasteiger partial charge in [0.15, 0.2) is 17.6 Å². The number of benzene rings is 1. The van der Waals surface area contributed by atoms with Crippen molar-refractivity contribution >= 4 is 17.3 Å². The zero-order valence-electron chi connectivity index (χ0n) is 13.5. The number of rotatable bonds is 4. The molecule has 8 nitrogen and oxygen atoms in total. The van der Waals surface area contributed by atoms with Crippen molar-refractivity contribution in [3.8, 4) is 11.5 Å². The van der Waals surface area contributed by atoms with Gasteiger partial charge < -0.3 is 24.5 Å². The first kappa shape index (κ1) is 15.3. The summed E-state index contributed by atoms with van der Waals surface area (Å²) in [6.07, 6.45) is 1.39. The summed E-state index contributed by atoms with van der Waals surface area (Å²) in [5, 5.41) is 11.5. The maximum atomic E-state index is 11.5. The van der Waals surface area contributed by atoms with Crippen molar-refractivity contribution in [2.24, 2.45) is 0 Å². The number of para-hydroxylation sites is 2. The van der Waals surface area contributed by atoms with E-state index >= 15 is 0 Å². The molecule has 2 aromatic heterocycles. The molecule has 8 heteroatoms. The number of anilines is 1. The summed E-state index contributed by atoms with van der Waals surface area (Å²) in [6, 6.07) is 12.7. The molecule has 25 heavy (non-hydrogen) atoms. The van der Waals surface area contributed by atoms with Crippen LogP contribution in [0.4, 0.5) is 11.6 Å². The van der Waals surface area contributed by atoms with Crippen molar-refractivity contribution < 1.29 is 14.4 Å². The van der Waals surface area contributed by atoms with Crippen molar-refractivity contribution in [1.82, 2.24) is 9.38 Å². The Labute approximate surface area is 143 Å². The summed E-state index contributed by atoms with van der Waals surface area (Å²) < 4.78 is 13.1. The van der Waals surface area contributed by atoms with E-state index < -0.39 is 4.92 Å². The van der Waals surface area contributed by atoms with Crippen molar-refractivity contribution in [2.45, 2.75) is 6.10 Å². The molecule has 3 heterocycles. The highest BCUT2D eigenvalue weighted by Crippen LogP contribution is 2.32. The number of nitrogens with zero attached hydrogens (tertiary/aromatic N) is 4. The highest BCUT2D eigenvalue weighted by Gasteiger charge is 2.28. The molecule has 0 bridgehead atoms. The van der Waals surface area contributed by atoms with Crippen molar-refractivity contribution in [2.75, 3.05) is 25.1 Å². The van der Waals surface area contributed by atoms with Crippen LogP contribution in [0.25, 0.3) is 5.65 Å². The van der Waals surface area contributed by atoms with Gasteiger partial charge in [-0.25, -0.2) is 0 Å². The Morgan fingerprint density at radius 3 is 2.84 bits per heavy atom. The number of likely N-dealkylation sites (N-methyl/N-ethyl adjacent to an activating group) is 1. The normalized spacial score (nSPS) is 16.0. The van der Waals surface area contributed by atoms with E-state index in [1.54, 1.807) is 36.3 Å². The fourth-order valence-corrected chi connectivity index (χ4v) is 2.94. The lowest BCUT2D eigenvalue weighted by atomic mass is 10.2. The van der Waals surface area contributed by atoms with Crippen LogP contribution in [0, 0.1) is 10.1 Å². The maximum absolute atomic E-state index is 11.5. The minimum absolute atomic E-state index is 0.0600. The molecule has 3 aromatic rings. The molecule has 1 aliphatic heterocycles. The van der Waals surface area contributed by atoms with Gasteiger partial charge in [-0.05, 0) is 23.1 Å². The fourth-order valence-electron chi connectivity index (χ4n) is 2.94. The molecule has 0 spiro atoms. The van der Waals surface area contributed by atoms with Gasteiger partial charge in [0.25, 0.3) is 0 Å². The molecule has 0 N–H and O–H groups in total. The summed E-state index contributed by atoms with van der Waals surface area (Å²) >= 11 is 0. The highest BCUT2D eigenvalue weighted by molar-refractivity contribution is 5.63. The Bertz CT molecular complexity index is 939. The molecule has 0 amide bonds. The van der Waals surface area contributed by atoms with Crippen LogP contribution < -0.4 is 14.4 Å². The minimum Gasteiger partial charge on any atom is -0.486 e. The predicted octanol–water partition coefficient (Wildman–Crippen LogP) is 2.52. The highest BCUT2D eigenvalue weighted by atomic mass is 16.6. The maximum Gasteiger partial charge on any atom is 0.372 e. The van der Waals surface area contributed by atoms with Crippen LogP contribution in [-0.4, -0.2) is 40.6 Å². The molecule has 0 saturated heterocycles. The third-order valence-corrected chi connectivity index (χ3v) is 4.07. The number of hydrogen-bond donors (Lipinski definition) is 0. The number of pyridine rings is 1. The van der Waals surface area contributed by atoms with Crippen molar-refractivity contribution in [3.63, 3.8) is 0 Å². The van der Waals surface area contributed by atoms with E-state index in [0.717, 1.165) is 0 Å². The lowest BCUT2D eigenvalue weighted by Gasteiger charge is -2.29. The van der Waals surface area contributed by atoms with Gasteiger partial charge in [0, 0.05) is 13.1 Å². The minimum atomic E-state index is -0.417. The number of ether oxygens (including phenoxy) is 2. The number of imidazole rings is 1. The van der Waals surface area contributed by atoms with Crippen LogP contribution in [0.5, 0.6) is 11.5 Å². The standard InChI is InChI=1S/C17H16N4O4/c1-19(10-12-11-24-13-6-2-3-7-14(13)25-12)16-17(21(22)23)20-9-5-4-8-15(20)18-16/h2-9,12H,10-11H2,1H3/t12-/m1/s1. The van der Waals surface area contributed by atoms with Crippen molar-refractivity contribution in [1.29, 1.82) is 0 Å². The van der Waals surface area contributed by atoms with E-state index in [9.17, 15) is 10.1 Å². The van der Waals surface area contributed by atoms with Gasteiger partial charge in [0.1, 0.15) is 6.61 Å². The Morgan fingerprint density at radius 2 is 2.04 bits per heavy atom. The Balaban J connectivity index is 1.60. The number of aromatic nitrogens is 2. The summed E-state index contributed by atoms with van der Waals surface area (Å²) in [5.74, 6) is 1.63. The number of fused-ring (bicyclic) bond motifs is 2. The van der Waals surface area contributed by atoms with Gasteiger partial charge >= 0.3 is 5.82 Å². The van der Waals surface area contributed by atoms with Crippen LogP contribution in [-0.2, 0) is 0 Å². The Morgan fingerprint density at radius 1 is 1.28 bits per heavy atom. The monoisotopic (exact) mass is 340 g/mol. The second-order valence-corrected chi connectivity index (χ2v) is 5.82. The van der Waals surface area contributed by atoms with Gasteiger partial charge in [-0.1, -0.05) is 18.2 Å². The van der Waals surface area contributed by atoms with Gasteiger partial charge in [-0.15, -0.1) is 0 Å². The first-order valence-corrected chi connectivity index (χ1v) is 7.84. The fraction of sp³-hybridized carbons (Fsp3) is 0.235. The van der Waals surface area contributed by atoms with E-state index in [4.69, 9.17) is 9.47 Å². The van der Waals surface area contributed by atoms with Gasteiger partial charge in [-0.2, -0.15) is 9.38 Å². The Kier molecular flexibility index (Phi) is 3.64. The van der Waals surface area contributed by atoms with Crippen molar-refractivity contribution in [3.05, 3.63) is 58.8 Å². The van der Waals surface area contributed by atoms with Crippen LogP contribution in [0.3, 0.4) is 0 Å². The SMILES string of the molecule is CN(C[C@@H]1COc2ccccc2O1)c1nc2ccccn2c1[N+](=O)[O-]. The molecule has 0 radical (unpaired) electrons.